The summed E-state index contributed by atoms with van der Waals surface area (Å²) in [4.78, 5) is 2.22. The SMILES string of the molecule is C=CCn1cc(-c2cn(C3CCN(c4ccc(Cl)nn4)CC3)nn2)c(C)n1. The molecule has 1 fully saturated rings. The molecule has 0 atom stereocenters. The third kappa shape index (κ3) is 3.71. The Balaban J connectivity index is 1.44. The molecule has 0 aliphatic carbocycles. The highest BCUT2D eigenvalue weighted by Crippen LogP contribution is 2.27. The van der Waals surface area contributed by atoms with Crippen LogP contribution < -0.4 is 4.90 Å². The lowest BCUT2D eigenvalue weighted by Crippen LogP contribution is -2.35. The predicted octanol–water partition coefficient (Wildman–Crippen LogP) is 2.92. The quantitative estimate of drug-likeness (QED) is 0.629. The van der Waals surface area contributed by atoms with E-state index in [4.69, 9.17) is 11.6 Å². The first kappa shape index (κ1) is 17.7. The summed E-state index contributed by atoms with van der Waals surface area (Å²) >= 11 is 5.82. The van der Waals surface area contributed by atoms with E-state index in [0.29, 0.717) is 17.7 Å². The van der Waals surface area contributed by atoms with Gasteiger partial charge in [0.1, 0.15) is 5.69 Å². The maximum atomic E-state index is 5.82. The zero-order valence-electron chi connectivity index (χ0n) is 15.2. The fourth-order valence-electron chi connectivity index (χ4n) is 3.41. The van der Waals surface area contributed by atoms with Crippen LogP contribution in [0.1, 0.15) is 24.6 Å². The second-order valence-corrected chi connectivity index (χ2v) is 7.04. The minimum atomic E-state index is 0.325. The van der Waals surface area contributed by atoms with E-state index in [9.17, 15) is 0 Å². The molecule has 0 amide bonds. The molecule has 0 radical (unpaired) electrons. The average molecular weight is 385 g/mol. The smallest absolute Gasteiger partial charge is 0.151 e. The van der Waals surface area contributed by atoms with E-state index in [1.165, 1.54) is 0 Å². The van der Waals surface area contributed by atoms with Gasteiger partial charge in [-0.05, 0) is 31.9 Å². The number of rotatable bonds is 5. The van der Waals surface area contributed by atoms with Crippen LogP contribution in [0.15, 0.2) is 37.2 Å². The van der Waals surface area contributed by atoms with Crippen LogP contribution in [0, 0.1) is 6.92 Å². The van der Waals surface area contributed by atoms with Crippen molar-refractivity contribution >= 4 is 17.4 Å². The van der Waals surface area contributed by atoms with Crippen LogP contribution in [0.2, 0.25) is 5.15 Å². The number of hydrogen-bond donors (Lipinski definition) is 0. The summed E-state index contributed by atoms with van der Waals surface area (Å²) in [5.41, 5.74) is 2.81. The lowest BCUT2D eigenvalue weighted by molar-refractivity contribution is 0.359. The molecule has 1 aliphatic rings. The topological polar surface area (TPSA) is 77.5 Å². The molecule has 3 aromatic rings. The van der Waals surface area contributed by atoms with Gasteiger partial charge in [0, 0.05) is 24.8 Å². The van der Waals surface area contributed by atoms with E-state index < -0.39 is 0 Å². The van der Waals surface area contributed by atoms with Crippen molar-refractivity contribution in [3.63, 3.8) is 0 Å². The third-order valence-electron chi connectivity index (χ3n) is 4.83. The molecule has 0 unspecified atom stereocenters. The van der Waals surface area contributed by atoms with E-state index in [-0.39, 0.29) is 0 Å². The maximum absolute atomic E-state index is 5.82. The van der Waals surface area contributed by atoms with Crippen molar-refractivity contribution in [1.82, 2.24) is 35.0 Å². The van der Waals surface area contributed by atoms with Gasteiger partial charge < -0.3 is 4.90 Å². The normalized spacial score (nSPS) is 15.3. The average Bonchev–Trinajstić information content (AvgIpc) is 3.30. The Labute approximate surface area is 162 Å². The van der Waals surface area contributed by atoms with Crippen molar-refractivity contribution in [1.29, 1.82) is 0 Å². The fourth-order valence-corrected chi connectivity index (χ4v) is 3.51. The second-order valence-electron chi connectivity index (χ2n) is 6.66. The van der Waals surface area contributed by atoms with Crippen molar-refractivity contribution in [2.45, 2.75) is 32.4 Å². The molecule has 4 heterocycles. The van der Waals surface area contributed by atoms with E-state index in [0.717, 1.165) is 48.7 Å². The molecule has 27 heavy (non-hydrogen) atoms. The van der Waals surface area contributed by atoms with Crippen LogP contribution in [-0.4, -0.2) is 48.1 Å². The summed E-state index contributed by atoms with van der Waals surface area (Å²) in [6.07, 6.45) is 7.79. The van der Waals surface area contributed by atoms with Gasteiger partial charge in [-0.15, -0.1) is 21.9 Å². The molecule has 0 aromatic carbocycles. The first-order valence-corrected chi connectivity index (χ1v) is 9.33. The lowest BCUT2D eigenvalue weighted by Gasteiger charge is -2.32. The number of nitrogens with zero attached hydrogens (tertiary/aromatic N) is 8. The van der Waals surface area contributed by atoms with Gasteiger partial charge in [-0.3, -0.25) is 4.68 Å². The first-order valence-electron chi connectivity index (χ1n) is 8.95. The Morgan fingerprint density at radius 3 is 2.70 bits per heavy atom. The number of anilines is 1. The van der Waals surface area contributed by atoms with Gasteiger partial charge in [-0.1, -0.05) is 22.9 Å². The van der Waals surface area contributed by atoms with Gasteiger partial charge in [0.25, 0.3) is 0 Å². The number of halogens is 1. The molecule has 0 N–H and O–H groups in total. The highest BCUT2D eigenvalue weighted by atomic mass is 35.5. The second kappa shape index (κ2) is 7.48. The number of aryl methyl sites for hydroxylation is 1. The molecule has 0 saturated carbocycles. The minimum absolute atomic E-state index is 0.325. The van der Waals surface area contributed by atoms with Crippen molar-refractivity contribution in [2.75, 3.05) is 18.0 Å². The molecule has 0 spiro atoms. The van der Waals surface area contributed by atoms with Crippen molar-refractivity contribution in [3.8, 4) is 11.3 Å². The highest BCUT2D eigenvalue weighted by Gasteiger charge is 2.23. The summed E-state index contributed by atoms with van der Waals surface area (Å²) in [5.74, 6) is 0.863. The van der Waals surface area contributed by atoms with E-state index in [1.54, 1.807) is 6.07 Å². The Morgan fingerprint density at radius 2 is 2.00 bits per heavy atom. The van der Waals surface area contributed by atoms with Crippen LogP contribution in [-0.2, 0) is 6.54 Å². The van der Waals surface area contributed by atoms with E-state index in [2.05, 4.69) is 37.1 Å². The lowest BCUT2D eigenvalue weighted by atomic mass is 10.1. The highest BCUT2D eigenvalue weighted by molar-refractivity contribution is 6.29. The van der Waals surface area contributed by atoms with Crippen LogP contribution in [0.3, 0.4) is 0 Å². The number of aromatic nitrogens is 7. The summed E-state index contributed by atoms with van der Waals surface area (Å²) < 4.78 is 3.84. The molecular weight excluding hydrogens is 364 g/mol. The van der Waals surface area contributed by atoms with Crippen molar-refractivity contribution in [3.05, 3.63) is 48.0 Å². The van der Waals surface area contributed by atoms with E-state index in [1.807, 2.05) is 40.8 Å². The fraction of sp³-hybridized carbons (Fsp3) is 0.389. The molecule has 1 saturated heterocycles. The Kier molecular flexibility index (Phi) is 4.89. The van der Waals surface area contributed by atoms with Gasteiger partial charge in [0.05, 0.1) is 24.5 Å². The van der Waals surface area contributed by atoms with Crippen LogP contribution in [0.4, 0.5) is 5.82 Å². The molecule has 9 heteroatoms. The van der Waals surface area contributed by atoms with Gasteiger partial charge in [-0.25, -0.2) is 4.68 Å². The Bertz CT molecular complexity index is 921. The summed E-state index contributed by atoms with van der Waals surface area (Å²) in [5, 5.41) is 21.7. The summed E-state index contributed by atoms with van der Waals surface area (Å²) in [6, 6.07) is 4.01. The molecule has 140 valence electrons. The minimum Gasteiger partial charge on any atom is -0.355 e. The first-order chi connectivity index (χ1) is 13.1. The molecular formula is C18H21ClN8. The maximum Gasteiger partial charge on any atom is 0.151 e. The number of hydrogen-bond acceptors (Lipinski definition) is 6. The predicted molar refractivity (Wildman–Crippen MR) is 104 cm³/mol. The van der Waals surface area contributed by atoms with E-state index >= 15 is 0 Å². The largest absolute Gasteiger partial charge is 0.355 e. The zero-order valence-corrected chi connectivity index (χ0v) is 15.9. The molecule has 0 bridgehead atoms. The van der Waals surface area contributed by atoms with Crippen LogP contribution in [0.25, 0.3) is 11.3 Å². The zero-order chi connectivity index (χ0) is 18.8. The van der Waals surface area contributed by atoms with Gasteiger partial charge in [0.2, 0.25) is 0 Å². The Hall–Kier alpha value is -2.74. The molecule has 1 aliphatic heterocycles. The van der Waals surface area contributed by atoms with Gasteiger partial charge in [0.15, 0.2) is 11.0 Å². The summed E-state index contributed by atoms with van der Waals surface area (Å²) in [7, 11) is 0. The molecule has 8 nitrogen and oxygen atoms in total. The van der Waals surface area contributed by atoms with Gasteiger partial charge in [-0.2, -0.15) is 5.10 Å². The Morgan fingerprint density at radius 1 is 1.19 bits per heavy atom. The van der Waals surface area contributed by atoms with Gasteiger partial charge >= 0.3 is 0 Å². The van der Waals surface area contributed by atoms with Crippen LogP contribution in [0.5, 0.6) is 0 Å². The number of allylic oxidation sites excluding steroid dienone is 1. The molecule has 3 aromatic heterocycles. The van der Waals surface area contributed by atoms with Crippen molar-refractivity contribution in [2.24, 2.45) is 0 Å². The number of piperidine rings is 1. The monoisotopic (exact) mass is 384 g/mol. The standard InChI is InChI=1S/C18H21ClN8/c1-3-8-26-11-15(13(2)23-26)16-12-27(24-20-16)14-6-9-25(10-7-14)18-5-4-17(19)21-22-18/h3-5,11-12,14H,1,6-10H2,2H3. The van der Waals surface area contributed by atoms with Crippen molar-refractivity contribution < 1.29 is 0 Å². The van der Waals surface area contributed by atoms with Crippen LogP contribution >= 0.6 is 11.6 Å². The summed E-state index contributed by atoms with van der Waals surface area (Å²) in [6.45, 7) is 8.21. The third-order valence-corrected chi connectivity index (χ3v) is 5.03. The molecule has 4 rings (SSSR count).